The highest BCUT2D eigenvalue weighted by atomic mass is 16.5. The van der Waals surface area contributed by atoms with Gasteiger partial charge in [-0.15, -0.1) is 0 Å². The smallest absolute Gasteiger partial charge is 0.330 e. The van der Waals surface area contributed by atoms with E-state index in [2.05, 4.69) is 6.58 Å². The van der Waals surface area contributed by atoms with Gasteiger partial charge in [-0.3, -0.25) is 14.3 Å². The summed E-state index contributed by atoms with van der Waals surface area (Å²) < 4.78 is 6.25. The number of ether oxygens (including phenoxy) is 1. The lowest BCUT2D eigenvalue weighted by Crippen LogP contribution is -2.51. The molecule has 19 heavy (non-hydrogen) atoms. The topological polar surface area (TPSA) is 125 Å². The van der Waals surface area contributed by atoms with Gasteiger partial charge in [-0.2, -0.15) is 0 Å². The number of hydrogen-bond acceptors (Lipinski definition) is 6. The molecule has 1 saturated heterocycles. The van der Waals surface area contributed by atoms with Gasteiger partial charge in [0, 0.05) is 12.3 Å². The minimum absolute atomic E-state index is 0.128. The highest BCUT2D eigenvalue weighted by Gasteiger charge is 2.40. The van der Waals surface area contributed by atoms with E-state index in [9.17, 15) is 19.8 Å². The fourth-order valence-corrected chi connectivity index (χ4v) is 1.92. The molecule has 0 bridgehead atoms. The van der Waals surface area contributed by atoms with Crippen molar-refractivity contribution >= 4 is 0 Å². The lowest BCUT2D eigenvalue weighted by molar-refractivity contribution is -0.177. The molecule has 8 nitrogen and oxygen atoms in total. The number of hydrogen-bond donors (Lipinski definition) is 4. The van der Waals surface area contributed by atoms with Gasteiger partial charge >= 0.3 is 5.69 Å². The molecule has 104 valence electrons. The number of aromatic amines is 1. The summed E-state index contributed by atoms with van der Waals surface area (Å²) in [6.45, 7) is 3.08. The van der Waals surface area contributed by atoms with Crippen LogP contribution in [0.1, 0.15) is 6.23 Å². The summed E-state index contributed by atoms with van der Waals surface area (Å²) in [5.41, 5.74) is -1.24. The molecule has 2 rings (SSSR count). The van der Waals surface area contributed by atoms with Crippen LogP contribution in [0.15, 0.2) is 34.0 Å². The summed E-state index contributed by atoms with van der Waals surface area (Å²) >= 11 is 0. The number of aliphatic hydroxyl groups is 3. The predicted octanol–water partition coefficient (Wildman–Crippen LogP) is -2.30. The molecule has 1 aliphatic rings. The highest BCUT2D eigenvalue weighted by molar-refractivity contribution is 5.15. The van der Waals surface area contributed by atoms with Crippen molar-refractivity contribution in [3.63, 3.8) is 0 Å². The standard InChI is InChI=1S/C11H14N2O6/c1-5-6(4-14)19-10(9(17)8(5)16)13-3-2-7(15)12-11(13)18/h2-3,6,8-10,14,16-17H,1,4H2,(H,12,15,18)/t6-,8+,9+,10+/m1/s1. The van der Waals surface area contributed by atoms with Gasteiger partial charge in [0.15, 0.2) is 6.23 Å². The van der Waals surface area contributed by atoms with Crippen molar-refractivity contribution in [2.75, 3.05) is 6.61 Å². The van der Waals surface area contributed by atoms with Crippen molar-refractivity contribution in [2.45, 2.75) is 24.5 Å². The van der Waals surface area contributed by atoms with Crippen molar-refractivity contribution in [1.82, 2.24) is 9.55 Å². The Labute approximate surface area is 107 Å². The Kier molecular flexibility index (Phi) is 3.67. The van der Waals surface area contributed by atoms with Crippen LogP contribution in [0.4, 0.5) is 0 Å². The molecule has 2 heterocycles. The highest BCUT2D eigenvalue weighted by Crippen LogP contribution is 2.29. The van der Waals surface area contributed by atoms with Crippen LogP contribution in [0.5, 0.6) is 0 Å². The number of rotatable bonds is 2. The van der Waals surface area contributed by atoms with Crippen LogP contribution < -0.4 is 11.2 Å². The van der Waals surface area contributed by atoms with Crippen molar-refractivity contribution in [1.29, 1.82) is 0 Å². The van der Waals surface area contributed by atoms with E-state index in [0.29, 0.717) is 0 Å². The van der Waals surface area contributed by atoms with E-state index < -0.39 is 42.4 Å². The van der Waals surface area contributed by atoms with E-state index in [-0.39, 0.29) is 5.57 Å². The molecule has 0 amide bonds. The molecule has 0 saturated carbocycles. The maximum absolute atomic E-state index is 11.6. The summed E-state index contributed by atoms with van der Waals surface area (Å²) in [6, 6.07) is 1.08. The molecule has 1 fully saturated rings. The molecule has 0 unspecified atom stereocenters. The average Bonchev–Trinajstić information content (AvgIpc) is 2.38. The second kappa shape index (κ2) is 5.10. The predicted molar refractivity (Wildman–Crippen MR) is 63.5 cm³/mol. The first kappa shape index (κ1) is 13.7. The molecule has 4 N–H and O–H groups in total. The Morgan fingerprint density at radius 1 is 1.42 bits per heavy atom. The van der Waals surface area contributed by atoms with Gasteiger partial charge in [0.1, 0.15) is 18.3 Å². The fourth-order valence-electron chi connectivity index (χ4n) is 1.92. The first-order valence-corrected chi connectivity index (χ1v) is 5.58. The summed E-state index contributed by atoms with van der Waals surface area (Å²) in [7, 11) is 0. The molecule has 4 atom stereocenters. The third kappa shape index (κ3) is 2.38. The molecular weight excluding hydrogens is 256 g/mol. The minimum atomic E-state index is -1.43. The zero-order valence-electron chi connectivity index (χ0n) is 9.89. The zero-order valence-corrected chi connectivity index (χ0v) is 9.89. The Balaban J connectivity index is 2.40. The average molecular weight is 270 g/mol. The second-order valence-corrected chi connectivity index (χ2v) is 4.23. The maximum atomic E-state index is 11.6. The Morgan fingerprint density at radius 3 is 2.68 bits per heavy atom. The molecule has 1 aromatic rings. The van der Waals surface area contributed by atoms with Gasteiger partial charge in [-0.05, 0) is 5.57 Å². The van der Waals surface area contributed by atoms with Crippen LogP contribution in [0.25, 0.3) is 0 Å². The summed E-state index contributed by atoms with van der Waals surface area (Å²) in [5, 5.41) is 28.8. The fraction of sp³-hybridized carbons (Fsp3) is 0.455. The van der Waals surface area contributed by atoms with E-state index >= 15 is 0 Å². The van der Waals surface area contributed by atoms with Crippen LogP contribution >= 0.6 is 0 Å². The minimum Gasteiger partial charge on any atom is -0.393 e. The summed E-state index contributed by atoms with van der Waals surface area (Å²) in [5.74, 6) is 0. The lowest BCUT2D eigenvalue weighted by atomic mass is 9.96. The number of aromatic nitrogens is 2. The van der Waals surface area contributed by atoms with Crippen molar-refractivity contribution in [3.05, 3.63) is 45.3 Å². The van der Waals surface area contributed by atoms with Gasteiger partial charge in [0.25, 0.3) is 5.56 Å². The monoisotopic (exact) mass is 270 g/mol. The van der Waals surface area contributed by atoms with Crippen LogP contribution in [-0.4, -0.2) is 49.8 Å². The van der Waals surface area contributed by atoms with E-state index in [4.69, 9.17) is 9.84 Å². The van der Waals surface area contributed by atoms with Crippen LogP contribution in [0, 0.1) is 0 Å². The number of H-pyrrole nitrogens is 1. The van der Waals surface area contributed by atoms with E-state index in [1.165, 1.54) is 0 Å². The SMILES string of the molecule is C=C1[C@@H](CO)O[C@H](n2ccc(=O)[nH]c2=O)[C@@H](O)[C@H]1O. The van der Waals surface area contributed by atoms with Crippen LogP contribution in [-0.2, 0) is 4.74 Å². The molecular formula is C11H14N2O6. The maximum Gasteiger partial charge on any atom is 0.330 e. The van der Waals surface area contributed by atoms with E-state index in [0.717, 1.165) is 16.8 Å². The van der Waals surface area contributed by atoms with Crippen LogP contribution in [0.2, 0.25) is 0 Å². The van der Waals surface area contributed by atoms with Gasteiger partial charge in [-0.25, -0.2) is 4.79 Å². The molecule has 0 spiro atoms. The first-order chi connectivity index (χ1) is 8.95. The molecule has 8 heteroatoms. The molecule has 1 aliphatic heterocycles. The van der Waals surface area contributed by atoms with Crippen molar-refractivity contribution in [3.8, 4) is 0 Å². The Hall–Kier alpha value is -1.74. The van der Waals surface area contributed by atoms with Gasteiger partial charge in [-0.1, -0.05) is 6.58 Å². The van der Waals surface area contributed by atoms with Gasteiger partial charge in [0.05, 0.1) is 6.61 Å². The normalized spacial score (nSPS) is 31.4. The lowest BCUT2D eigenvalue weighted by Gasteiger charge is -2.38. The van der Waals surface area contributed by atoms with E-state index in [1.54, 1.807) is 0 Å². The van der Waals surface area contributed by atoms with Crippen molar-refractivity contribution in [2.24, 2.45) is 0 Å². The number of nitrogens with zero attached hydrogens (tertiary/aromatic N) is 1. The quantitative estimate of drug-likeness (QED) is 0.448. The number of aliphatic hydroxyl groups excluding tert-OH is 3. The largest absolute Gasteiger partial charge is 0.393 e. The van der Waals surface area contributed by atoms with Crippen molar-refractivity contribution < 1.29 is 20.1 Å². The second-order valence-electron chi connectivity index (χ2n) is 4.23. The third-order valence-electron chi connectivity index (χ3n) is 3.00. The van der Waals surface area contributed by atoms with E-state index in [1.807, 2.05) is 4.98 Å². The Morgan fingerprint density at radius 2 is 2.11 bits per heavy atom. The zero-order chi connectivity index (χ0) is 14.2. The van der Waals surface area contributed by atoms with Crippen LogP contribution in [0.3, 0.4) is 0 Å². The Bertz CT molecular complexity index is 587. The molecule has 0 aliphatic carbocycles. The summed E-state index contributed by atoms with van der Waals surface area (Å²) in [6.07, 6.45) is -3.75. The third-order valence-corrected chi connectivity index (χ3v) is 3.00. The van der Waals surface area contributed by atoms with Gasteiger partial charge < -0.3 is 20.1 Å². The molecule has 0 aromatic carbocycles. The molecule has 1 aromatic heterocycles. The first-order valence-electron chi connectivity index (χ1n) is 5.58. The summed E-state index contributed by atoms with van der Waals surface area (Å²) in [4.78, 5) is 24.6. The number of nitrogens with one attached hydrogen (secondary N) is 1. The molecule has 0 radical (unpaired) electrons. The van der Waals surface area contributed by atoms with Gasteiger partial charge in [0.2, 0.25) is 0 Å².